The van der Waals surface area contributed by atoms with Gasteiger partial charge >= 0.3 is 0 Å². The molecule has 0 spiro atoms. The number of aromatic nitrogens is 1. The molecule has 1 heterocycles. The average molecular weight is 309 g/mol. The Morgan fingerprint density at radius 3 is 2.73 bits per heavy atom. The largest absolute Gasteiger partial charge is 0.256 e. The van der Waals surface area contributed by atoms with Crippen molar-refractivity contribution in [3.8, 4) is 0 Å². The maximum absolute atomic E-state index is 4.29. The Bertz CT molecular complexity index is 416. The molecule has 76 valence electrons. The fraction of sp³-hybridized carbons (Fsp3) is 0. The van der Waals surface area contributed by atoms with E-state index in [0.29, 0.717) is 0 Å². The number of hydrogen-bond donors (Lipinski definition) is 0. The molecule has 1 rings (SSSR count). The van der Waals surface area contributed by atoms with Crippen molar-refractivity contribution in [1.29, 1.82) is 0 Å². The molecule has 0 saturated heterocycles. The van der Waals surface area contributed by atoms with E-state index >= 15 is 0 Å². The van der Waals surface area contributed by atoms with Gasteiger partial charge in [-0.05, 0) is 40.3 Å². The van der Waals surface area contributed by atoms with Gasteiger partial charge in [-0.25, -0.2) is 0 Å². The molecule has 0 aliphatic carbocycles. The molecular weight excluding hydrogens is 297 g/mol. The van der Waals surface area contributed by atoms with Gasteiger partial charge in [-0.3, -0.25) is 4.98 Å². The van der Waals surface area contributed by atoms with Gasteiger partial charge in [-0.2, -0.15) is 0 Å². The smallest absolute Gasteiger partial charge is 0.0712 e. The summed E-state index contributed by atoms with van der Waals surface area (Å²) in [6, 6.07) is 3.99. The van der Waals surface area contributed by atoms with Crippen molar-refractivity contribution in [3.63, 3.8) is 0 Å². The third-order valence-corrected chi connectivity index (χ3v) is 2.43. The Morgan fingerprint density at radius 2 is 2.13 bits per heavy atom. The molecule has 0 amide bonds. The highest BCUT2D eigenvalue weighted by Gasteiger charge is 1.97. The van der Waals surface area contributed by atoms with Crippen molar-refractivity contribution in [2.75, 3.05) is 0 Å². The van der Waals surface area contributed by atoms with Gasteiger partial charge < -0.3 is 0 Å². The fourth-order valence-corrected chi connectivity index (χ4v) is 1.51. The van der Waals surface area contributed by atoms with Crippen molar-refractivity contribution in [2.45, 2.75) is 0 Å². The third-order valence-electron chi connectivity index (χ3n) is 1.76. The molecule has 0 radical (unpaired) electrons. The minimum absolute atomic E-state index is 0.936. The Kier molecular flexibility index (Phi) is 5.04. The van der Waals surface area contributed by atoms with Crippen LogP contribution in [0.25, 0.3) is 5.57 Å². The van der Waals surface area contributed by atoms with Gasteiger partial charge in [0.05, 0.1) is 5.69 Å². The zero-order valence-corrected chi connectivity index (χ0v) is 10.5. The van der Waals surface area contributed by atoms with Gasteiger partial charge in [0.1, 0.15) is 0 Å². The summed E-state index contributed by atoms with van der Waals surface area (Å²) < 4.78 is 1.16. The van der Waals surface area contributed by atoms with Gasteiger partial charge in [-0.1, -0.05) is 43.5 Å². The summed E-state index contributed by atoms with van der Waals surface area (Å²) in [5.41, 5.74) is 1.94. The first-order valence-corrected chi connectivity index (χ1v) is 5.59. The van der Waals surface area contributed by atoms with E-state index in [9.17, 15) is 0 Å². The van der Waals surface area contributed by atoms with Crippen LogP contribution in [0.4, 0.5) is 0 Å². The van der Waals surface area contributed by atoms with E-state index in [1.807, 2.05) is 30.4 Å². The minimum atomic E-state index is 0.936. The molecule has 0 unspecified atom stereocenters. The van der Waals surface area contributed by atoms with E-state index < -0.39 is 0 Å². The molecule has 15 heavy (non-hydrogen) atoms. The zero-order valence-electron chi connectivity index (χ0n) is 8.36. The molecule has 1 aromatic rings. The molecule has 1 nitrogen and oxygen atoms in total. The molecule has 0 saturated carbocycles. The summed E-state index contributed by atoms with van der Waals surface area (Å²) in [6.07, 6.45) is 11.1. The predicted octanol–water partition coefficient (Wildman–Crippen LogP) is 4.00. The van der Waals surface area contributed by atoms with E-state index in [4.69, 9.17) is 0 Å². The zero-order chi connectivity index (χ0) is 11.1. The van der Waals surface area contributed by atoms with E-state index in [-0.39, 0.29) is 0 Å². The van der Waals surface area contributed by atoms with E-state index in [1.54, 1.807) is 18.3 Å². The van der Waals surface area contributed by atoms with Gasteiger partial charge in [0.15, 0.2) is 0 Å². The lowest BCUT2D eigenvalue weighted by Gasteiger charge is -2.00. The Morgan fingerprint density at radius 1 is 1.33 bits per heavy atom. The van der Waals surface area contributed by atoms with Crippen LogP contribution in [0.2, 0.25) is 0 Å². The molecule has 0 N–H and O–H groups in total. The summed E-state index contributed by atoms with van der Waals surface area (Å²) in [6.45, 7) is 7.39. The summed E-state index contributed by atoms with van der Waals surface area (Å²) in [5, 5.41) is 0. The van der Waals surface area contributed by atoms with Gasteiger partial charge in [0.25, 0.3) is 0 Å². The highest BCUT2D eigenvalue weighted by molar-refractivity contribution is 14.1. The number of allylic oxidation sites excluding steroid dienone is 6. The molecule has 0 aliphatic heterocycles. The lowest BCUT2D eigenvalue weighted by atomic mass is 10.1. The Balaban J connectivity index is 3.02. The second kappa shape index (κ2) is 6.35. The van der Waals surface area contributed by atoms with Crippen molar-refractivity contribution in [3.05, 3.63) is 71.1 Å². The fourth-order valence-electron chi connectivity index (χ4n) is 1.06. The normalized spacial score (nSPS) is 11.7. The van der Waals surface area contributed by atoms with Crippen LogP contribution < -0.4 is 0 Å². The standard InChI is InChI=1S/C13H12IN/c1-3-5-6-7-11(4-2)13-10-12(14)8-9-15-13/h3-10H,1-2H2/b6-5-,11-7+. The molecule has 0 fully saturated rings. The SMILES string of the molecule is C=C/C=C\C=C(/C=C)c1cc(I)ccn1. The van der Waals surface area contributed by atoms with E-state index in [1.165, 1.54) is 0 Å². The summed E-state index contributed by atoms with van der Waals surface area (Å²) in [5.74, 6) is 0. The van der Waals surface area contributed by atoms with Crippen molar-refractivity contribution in [2.24, 2.45) is 0 Å². The van der Waals surface area contributed by atoms with Gasteiger partial charge in [0, 0.05) is 9.77 Å². The maximum Gasteiger partial charge on any atom is 0.0712 e. The van der Waals surface area contributed by atoms with Crippen LogP contribution in [0.3, 0.4) is 0 Å². The molecule has 1 aromatic heterocycles. The minimum Gasteiger partial charge on any atom is -0.256 e. The molecule has 0 atom stereocenters. The van der Waals surface area contributed by atoms with Crippen molar-refractivity contribution < 1.29 is 0 Å². The van der Waals surface area contributed by atoms with Crippen LogP contribution in [0, 0.1) is 3.57 Å². The predicted molar refractivity (Wildman–Crippen MR) is 74.5 cm³/mol. The van der Waals surface area contributed by atoms with E-state index in [2.05, 4.69) is 40.7 Å². The lowest BCUT2D eigenvalue weighted by Crippen LogP contribution is -1.86. The van der Waals surface area contributed by atoms with Gasteiger partial charge in [0.2, 0.25) is 0 Å². The molecular formula is C13H12IN. The quantitative estimate of drug-likeness (QED) is 0.605. The second-order valence-corrected chi connectivity index (χ2v) is 4.05. The summed E-state index contributed by atoms with van der Waals surface area (Å²) >= 11 is 2.26. The maximum atomic E-state index is 4.29. The number of hydrogen-bond acceptors (Lipinski definition) is 1. The molecule has 0 aliphatic rings. The second-order valence-electron chi connectivity index (χ2n) is 2.81. The molecule has 2 heteroatoms. The van der Waals surface area contributed by atoms with Crippen LogP contribution in [0.1, 0.15) is 5.69 Å². The first-order chi connectivity index (χ1) is 7.27. The van der Waals surface area contributed by atoms with Crippen LogP contribution in [0.15, 0.2) is 61.9 Å². The summed E-state index contributed by atoms with van der Waals surface area (Å²) in [7, 11) is 0. The molecule has 0 aromatic carbocycles. The number of rotatable bonds is 4. The highest BCUT2D eigenvalue weighted by Crippen LogP contribution is 2.15. The lowest BCUT2D eigenvalue weighted by molar-refractivity contribution is 1.27. The monoisotopic (exact) mass is 309 g/mol. The highest BCUT2D eigenvalue weighted by atomic mass is 127. The van der Waals surface area contributed by atoms with Crippen LogP contribution in [-0.2, 0) is 0 Å². The average Bonchev–Trinajstić information content (AvgIpc) is 2.24. The van der Waals surface area contributed by atoms with Gasteiger partial charge in [-0.15, -0.1) is 0 Å². The number of nitrogens with zero attached hydrogens (tertiary/aromatic N) is 1. The first-order valence-electron chi connectivity index (χ1n) is 4.51. The summed E-state index contributed by atoms with van der Waals surface area (Å²) in [4.78, 5) is 4.29. The Labute approximate surface area is 104 Å². The number of halogens is 1. The van der Waals surface area contributed by atoms with Crippen LogP contribution in [-0.4, -0.2) is 4.98 Å². The number of pyridine rings is 1. The topological polar surface area (TPSA) is 12.9 Å². The first kappa shape index (κ1) is 11.9. The van der Waals surface area contributed by atoms with Crippen molar-refractivity contribution >= 4 is 28.2 Å². The van der Waals surface area contributed by atoms with Crippen LogP contribution in [0.5, 0.6) is 0 Å². The molecule has 0 bridgehead atoms. The van der Waals surface area contributed by atoms with Crippen LogP contribution >= 0.6 is 22.6 Å². The Hall–Kier alpha value is -1.16. The van der Waals surface area contributed by atoms with Crippen molar-refractivity contribution in [1.82, 2.24) is 4.98 Å². The third kappa shape index (κ3) is 3.83. The van der Waals surface area contributed by atoms with E-state index in [0.717, 1.165) is 14.8 Å².